The van der Waals surface area contributed by atoms with Crippen LogP contribution in [0.4, 0.5) is 0 Å². The van der Waals surface area contributed by atoms with Crippen LogP contribution in [0.25, 0.3) is 0 Å². The zero-order valence-corrected chi connectivity index (χ0v) is 14.1. The minimum Gasteiger partial charge on any atom is -0.348 e. The van der Waals surface area contributed by atoms with Gasteiger partial charge in [-0.2, -0.15) is 0 Å². The molecule has 3 fully saturated rings. The fourth-order valence-corrected chi connectivity index (χ4v) is 6.18. The molecule has 1 N–H and O–H groups in total. The minimum absolute atomic E-state index is 0.0501. The van der Waals surface area contributed by atoms with Gasteiger partial charge in [-0.05, 0) is 26.2 Å². The summed E-state index contributed by atoms with van der Waals surface area (Å²) >= 11 is 0. The Labute approximate surface area is 135 Å². The summed E-state index contributed by atoms with van der Waals surface area (Å²) < 4.78 is 23.2. The van der Waals surface area contributed by atoms with E-state index in [2.05, 4.69) is 5.32 Å². The first kappa shape index (κ1) is 16.4. The average molecular weight is 342 g/mol. The first-order chi connectivity index (χ1) is 10.6. The summed E-state index contributed by atoms with van der Waals surface area (Å²) in [6.45, 7) is 1.37. The second-order valence-corrected chi connectivity index (χ2v) is 9.58. The maximum Gasteiger partial charge on any atom is 0.240 e. The fraction of sp³-hybridized carbons (Fsp3) is 0.800. The van der Waals surface area contributed by atoms with E-state index in [9.17, 15) is 22.8 Å². The van der Waals surface area contributed by atoms with E-state index >= 15 is 0 Å². The van der Waals surface area contributed by atoms with Gasteiger partial charge in [0.15, 0.2) is 9.84 Å². The molecule has 3 rings (SSSR count). The highest BCUT2D eigenvalue weighted by Gasteiger charge is 2.53. The number of hydrogen-bond donors (Lipinski definition) is 1. The van der Waals surface area contributed by atoms with Crippen molar-refractivity contribution in [2.24, 2.45) is 5.41 Å². The Balaban J connectivity index is 1.64. The third-order valence-corrected chi connectivity index (χ3v) is 7.20. The quantitative estimate of drug-likeness (QED) is 0.728. The Kier molecular flexibility index (Phi) is 3.78. The number of rotatable bonds is 3. The molecule has 1 spiro atoms. The summed E-state index contributed by atoms with van der Waals surface area (Å²) in [6.07, 6.45) is 3.86. The van der Waals surface area contributed by atoms with Gasteiger partial charge in [-0.15, -0.1) is 0 Å². The summed E-state index contributed by atoms with van der Waals surface area (Å²) in [5, 5.41) is 2.69. The molecule has 0 radical (unpaired) electrons. The standard InChI is InChI=1S/C15H22N2O5S/c1-14(6-7-23(21,22)10-14)16-11(18)9-17-12(19)8-15(13(17)20)4-2-3-5-15/h2-10H2,1H3,(H,16,18)/t14-/m1/s1. The van der Waals surface area contributed by atoms with Crippen molar-refractivity contribution in [1.29, 1.82) is 0 Å². The number of nitrogens with zero attached hydrogens (tertiary/aromatic N) is 1. The molecular weight excluding hydrogens is 320 g/mol. The zero-order valence-electron chi connectivity index (χ0n) is 13.3. The van der Waals surface area contributed by atoms with Crippen LogP contribution in [0.15, 0.2) is 0 Å². The van der Waals surface area contributed by atoms with Gasteiger partial charge >= 0.3 is 0 Å². The maximum absolute atomic E-state index is 12.5. The summed E-state index contributed by atoms with van der Waals surface area (Å²) in [6, 6.07) is 0. The van der Waals surface area contributed by atoms with E-state index in [1.54, 1.807) is 6.92 Å². The van der Waals surface area contributed by atoms with Crippen molar-refractivity contribution in [2.75, 3.05) is 18.1 Å². The Morgan fingerprint density at radius 2 is 1.87 bits per heavy atom. The number of nitrogens with one attached hydrogen (secondary N) is 1. The first-order valence-electron chi connectivity index (χ1n) is 8.01. The number of imide groups is 1. The smallest absolute Gasteiger partial charge is 0.240 e. The van der Waals surface area contributed by atoms with E-state index in [4.69, 9.17) is 0 Å². The van der Waals surface area contributed by atoms with Crippen LogP contribution in [0.2, 0.25) is 0 Å². The van der Waals surface area contributed by atoms with E-state index < -0.39 is 26.7 Å². The lowest BCUT2D eigenvalue weighted by molar-refractivity contribution is -0.145. The van der Waals surface area contributed by atoms with Crippen LogP contribution in [-0.4, -0.2) is 54.6 Å². The first-order valence-corrected chi connectivity index (χ1v) is 9.83. The number of likely N-dealkylation sites (tertiary alicyclic amines) is 1. The summed E-state index contributed by atoms with van der Waals surface area (Å²) in [5.74, 6) is -1.05. The lowest BCUT2D eigenvalue weighted by atomic mass is 9.84. The molecule has 2 heterocycles. The Morgan fingerprint density at radius 1 is 1.22 bits per heavy atom. The molecule has 2 aliphatic heterocycles. The van der Waals surface area contributed by atoms with E-state index in [1.165, 1.54) is 0 Å². The Morgan fingerprint density at radius 3 is 2.43 bits per heavy atom. The van der Waals surface area contributed by atoms with Gasteiger partial charge in [-0.3, -0.25) is 19.3 Å². The third-order valence-electron chi connectivity index (χ3n) is 5.30. The summed E-state index contributed by atoms with van der Waals surface area (Å²) in [7, 11) is -3.13. The molecule has 1 aliphatic carbocycles. The highest BCUT2D eigenvalue weighted by molar-refractivity contribution is 7.91. The monoisotopic (exact) mass is 342 g/mol. The minimum atomic E-state index is -3.13. The molecule has 3 aliphatic rings. The Bertz CT molecular complexity index is 665. The van der Waals surface area contributed by atoms with Crippen molar-refractivity contribution < 1.29 is 22.8 Å². The molecule has 3 amide bonds. The molecule has 7 nitrogen and oxygen atoms in total. The van der Waals surface area contributed by atoms with Crippen LogP contribution in [0.3, 0.4) is 0 Å². The van der Waals surface area contributed by atoms with Crippen LogP contribution in [0.5, 0.6) is 0 Å². The number of amides is 3. The lowest BCUT2D eigenvalue weighted by Gasteiger charge is -2.26. The van der Waals surface area contributed by atoms with E-state index in [0.717, 1.165) is 17.7 Å². The van der Waals surface area contributed by atoms with Crippen molar-refractivity contribution in [1.82, 2.24) is 10.2 Å². The van der Waals surface area contributed by atoms with Crippen LogP contribution in [-0.2, 0) is 24.2 Å². The van der Waals surface area contributed by atoms with Crippen molar-refractivity contribution in [2.45, 2.75) is 51.0 Å². The molecule has 1 saturated carbocycles. The molecule has 128 valence electrons. The SMILES string of the molecule is C[C@@]1(NC(=O)CN2C(=O)CC3(CCCC3)C2=O)CCS(=O)(=O)C1. The molecule has 0 unspecified atom stereocenters. The van der Waals surface area contributed by atoms with Gasteiger partial charge in [-0.25, -0.2) is 8.42 Å². The highest BCUT2D eigenvalue weighted by atomic mass is 32.2. The van der Waals surface area contributed by atoms with Gasteiger partial charge in [0.1, 0.15) is 6.54 Å². The normalized spacial score (nSPS) is 32.0. The van der Waals surface area contributed by atoms with Gasteiger partial charge in [0, 0.05) is 6.42 Å². The van der Waals surface area contributed by atoms with E-state index in [0.29, 0.717) is 19.3 Å². The van der Waals surface area contributed by atoms with Crippen LogP contribution in [0, 0.1) is 5.41 Å². The molecule has 0 aromatic carbocycles. The van der Waals surface area contributed by atoms with Gasteiger partial charge in [0.05, 0.1) is 22.5 Å². The van der Waals surface area contributed by atoms with E-state index in [1.807, 2.05) is 0 Å². The highest BCUT2D eigenvalue weighted by Crippen LogP contribution is 2.46. The molecule has 23 heavy (non-hydrogen) atoms. The summed E-state index contributed by atoms with van der Waals surface area (Å²) in [4.78, 5) is 37.9. The van der Waals surface area contributed by atoms with Gasteiger partial charge in [-0.1, -0.05) is 12.8 Å². The van der Waals surface area contributed by atoms with Crippen molar-refractivity contribution in [3.05, 3.63) is 0 Å². The van der Waals surface area contributed by atoms with Crippen LogP contribution in [0.1, 0.15) is 45.4 Å². The van der Waals surface area contributed by atoms with Gasteiger partial charge < -0.3 is 5.32 Å². The van der Waals surface area contributed by atoms with Crippen LogP contribution < -0.4 is 5.32 Å². The van der Waals surface area contributed by atoms with Gasteiger partial charge in [0.2, 0.25) is 17.7 Å². The van der Waals surface area contributed by atoms with Crippen LogP contribution >= 0.6 is 0 Å². The molecule has 8 heteroatoms. The van der Waals surface area contributed by atoms with E-state index in [-0.39, 0.29) is 36.3 Å². The van der Waals surface area contributed by atoms with Crippen molar-refractivity contribution in [3.8, 4) is 0 Å². The molecule has 0 aromatic heterocycles. The average Bonchev–Trinajstić information content (AvgIpc) is 3.06. The van der Waals surface area contributed by atoms with Crippen molar-refractivity contribution >= 4 is 27.6 Å². The number of carbonyl (C=O) groups excluding carboxylic acids is 3. The zero-order chi connectivity index (χ0) is 16.9. The topological polar surface area (TPSA) is 101 Å². The van der Waals surface area contributed by atoms with Gasteiger partial charge in [0.25, 0.3) is 0 Å². The lowest BCUT2D eigenvalue weighted by Crippen LogP contribution is -2.51. The molecule has 0 bridgehead atoms. The fourth-order valence-electron chi connectivity index (χ4n) is 4.09. The maximum atomic E-state index is 12.5. The number of carbonyl (C=O) groups is 3. The Hall–Kier alpha value is -1.44. The predicted molar refractivity (Wildman–Crippen MR) is 82.1 cm³/mol. The molecule has 0 aromatic rings. The largest absolute Gasteiger partial charge is 0.348 e. The summed E-state index contributed by atoms with van der Waals surface area (Å²) in [5.41, 5.74) is -1.40. The second-order valence-electron chi connectivity index (χ2n) is 7.40. The number of sulfone groups is 1. The predicted octanol–water partition coefficient (Wildman–Crippen LogP) is -0.000900. The molecule has 2 saturated heterocycles. The number of hydrogen-bond acceptors (Lipinski definition) is 5. The second kappa shape index (κ2) is 5.29. The third kappa shape index (κ3) is 3.00. The van der Waals surface area contributed by atoms with Crippen molar-refractivity contribution in [3.63, 3.8) is 0 Å². The molecular formula is C15H22N2O5S. The molecule has 1 atom stereocenters.